The zero-order valence-electron chi connectivity index (χ0n) is 13.6. The van der Waals surface area contributed by atoms with Crippen LogP contribution in [0, 0.1) is 0 Å². The van der Waals surface area contributed by atoms with Crippen molar-refractivity contribution in [1.29, 1.82) is 0 Å². The number of anilines is 1. The van der Waals surface area contributed by atoms with E-state index in [1.807, 2.05) is 18.2 Å². The fourth-order valence-electron chi connectivity index (χ4n) is 2.59. The maximum absolute atomic E-state index is 10.1. The molecule has 0 amide bonds. The van der Waals surface area contributed by atoms with Gasteiger partial charge in [0.05, 0.1) is 0 Å². The molecule has 2 heteroatoms. The van der Waals surface area contributed by atoms with Crippen LogP contribution in [0.5, 0.6) is 5.75 Å². The van der Waals surface area contributed by atoms with Gasteiger partial charge in [-0.3, -0.25) is 0 Å². The van der Waals surface area contributed by atoms with Gasteiger partial charge in [-0.15, -0.1) is 0 Å². The van der Waals surface area contributed by atoms with E-state index in [0.29, 0.717) is 5.75 Å². The Labute approximate surface area is 127 Å². The number of phenolic OH excluding ortho intramolecular Hbond substituents is 1. The second-order valence-electron chi connectivity index (χ2n) is 7.23. The summed E-state index contributed by atoms with van der Waals surface area (Å²) in [7, 11) is 0. The van der Waals surface area contributed by atoms with Gasteiger partial charge in [0, 0.05) is 11.1 Å². The van der Waals surface area contributed by atoms with E-state index in [4.69, 9.17) is 5.73 Å². The normalized spacial score (nSPS) is 12.4. The molecule has 2 rings (SSSR count). The molecule has 0 bridgehead atoms. The lowest BCUT2D eigenvalue weighted by atomic mass is 9.75. The first-order valence-electron chi connectivity index (χ1n) is 7.32. The lowest BCUT2D eigenvalue weighted by molar-refractivity contribution is 0.445. The van der Waals surface area contributed by atoms with Crippen LogP contribution in [0.3, 0.4) is 0 Å². The number of rotatable bonds is 2. The lowest BCUT2D eigenvalue weighted by Crippen LogP contribution is -2.20. The van der Waals surface area contributed by atoms with Gasteiger partial charge in [-0.05, 0) is 40.3 Å². The van der Waals surface area contributed by atoms with E-state index in [1.54, 1.807) is 6.07 Å². The monoisotopic (exact) mass is 283 g/mol. The van der Waals surface area contributed by atoms with Crippen molar-refractivity contribution in [1.82, 2.24) is 0 Å². The average Bonchev–Trinajstić information content (AvgIpc) is 2.38. The van der Waals surface area contributed by atoms with Crippen LogP contribution >= 0.6 is 0 Å². The second kappa shape index (κ2) is 5.10. The Balaban J connectivity index is 2.52. The molecule has 0 aliphatic carbocycles. The minimum absolute atomic E-state index is 0.0860. The first-order chi connectivity index (χ1) is 9.62. The number of phenols is 1. The maximum Gasteiger partial charge on any atom is 0.119 e. The first-order valence-corrected chi connectivity index (χ1v) is 7.32. The van der Waals surface area contributed by atoms with Crippen LogP contribution in [0.1, 0.15) is 51.3 Å². The molecule has 0 aromatic heterocycles. The van der Waals surface area contributed by atoms with E-state index < -0.39 is 0 Å². The highest BCUT2D eigenvalue weighted by Crippen LogP contribution is 2.37. The highest BCUT2D eigenvalue weighted by atomic mass is 16.3. The Morgan fingerprint density at radius 1 is 0.810 bits per heavy atom. The summed E-state index contributed by atoms with van der Waals surface area (Å²) in [5.74, 6) is 0.361. The van der Waals surface area contributed by atoms with E-state index in [-0.39, 0.29) is 10.8 Å². The molecule has 0 saturated heterocycles. The molecule has 112 valence electrons. The van der Waals surface area contributed by atoms with Gasteiger partial charge >= 0.3 is 0 Å². The molecule has 2 nitrogen and oxygen atoms in total. The third-order valence-corrected chi connectivity index (χ3v) is 4.16. The zero-order chi connectivity index (χ0) is 15.8. The fraction of sp³-hybridized carbons (Fsp3) is 0.368. The van der Waals surface area contributed by atoms with Crippen molar-refractivity contribution in [2.24, 2.45) is 0 Å². The van der Waals surface area contributed by atoms with Gasteiger partial charge in [-0.1, -0.05) is 58.9 Å². The molecule has 2 aromatic carbocycles. The summed E-state index contributed by atoms with van der Waals surface area (Å²) in [5, 5.41) is 10.1. The number of hydrogen-bond acceptors (Lipinski definition) is 2. The van der Waals surface area contributed by atoms with Crippen LogP contribution in [0.4, 0.5) is 5.69 Å². The van der Waals surface area contributed by atoms with Crippen LogP contribution in [0.2, 0.25) is 0 Å². The largest absolute Gasteiger partial charge is 0.508 e. The Kier molecular flexibility index (Phi) is 3.75. The molecule has 0 aliphatic heterocycles. The third-order valence-electron chi connectivity index (χ3n) is 4.16. The molecule has 0 saturated carbocycles. The molecule has 0 spiro atoms. The summed E-state index contributed by atoms with van der Waals surface area (Å²) in [6, 6.07) is 13.9. The SMILES string of the molecule is CC(C)(C)c1cc(C(C)(C)c2ccc(N)cc2)ccc1O. The van der Waals surface area contributed by atoms with E-state index in [0.717, 1.165) is 11.3 Å². The van der Waals surface area contributed by atoms with Gasteiger partial charge in [0.1, 0.15) is 5.75 Å². The van der Waals surface area contributed by atoms with Crippen molar-refractivity contribution < 1.29 is 5.11 Å². The summed E-state index contributed by atoms with van der Waals surface area (Å²) < 4.78 is 0. The topological polar surface area (TPSA) is 46.2 Å². The fourth-order valence-corrected chi connectivity index (χ4v) is 2.59. The van der Waals surface area contributed by atoms with Crippen LogP contribution < -0.4 is 5.73 Å². The quantitative estimate of drug-likeness (QED) is 0.791. The number of nitrogens with two attached hydrogens (primary N) is 1. The summed E-state index contributed by atoms with van der Waals surface area (Å²) in [4.78, 5) is 0. The van der Waals surface area contributed by atoms with Crippen LogP contribution in [-0.2, 0) is 10.8 Å². The Bertz CT molecular complexity index is 634. The van der Waals surface area contributed by atoms with Crippen molar-refractivity contribution >= 4 is 5.69 Å². The predicted molar refractivity (Wildman–Crippen MR) is 89.8 cm³/mol. The van der Waals surface area contributed by atoms with Gasteiger partial charge in [0.15, 0.2) is 0 Å². The van der Waals surface area contributed by atoms with Gasteiger partial charge in [0.2, 0.25) is 0 Å². The van der Waals surface area contributed by atoms with E-state index in [9.17, 15) is 5.11 Å². The molecule has 0 unspecified atom stereocenters. The maximum atomic E-state index is 10.1. The van der Waals surface area contributed by atoms with Crippen molar-refractivity contribution in [3.8, 4) is 5.75 Å². The smallest absolute Gasteiger partial charge is 0.119 e. The van der Waals surface area contributed by atoms with Crippen LogP contribution in [-0.4, -0.2) is 5.11 Å². The van der Waals surface area contributed by atoms with Gasteiger partial charge in [0.25, 0.3) is 0 Å². The molecule has 0 aliphatic rings. The molecule has 2 aromatic rings. The Morgan fingerprint density at radius 2 is 1.33 bits per heavy atom. The van der Waals surface area contributed by atoms with E-state index >= 15 is 0 Å². The molecule has 0 atom stereocenters. The van der Waals surface area contributed by atoms with Gasteiger partial charge in [-0.2, -0.15) is 0 Å². The van der Waals surface area contributed by atoms with Crippen molar-refractivity contribution in [2.45, 2.75) is 45.4 Å². The van der Waals surface area contributed by atoms with Crippen molar-refractivity contribution in [3.63, 3.8) is 0 Å². The molecule has 21 heavy (non-hydrogen) atoms. The number of nitrogen functional groups attached to an aromatic ring is 1. The van der Waals surface area contributed by atoms with Gasteiger partial charge < -0.3 is 10.8 Å². The summed E-state index contributed by atoms with van der Waals surface area (Å²) in [6.07, 6.45) is 0. The second-order valence-corrected chi connectivity index (χ2v) is 7.23. The van der Waals surface area contributed by atoms with E-state index in [2.05, 4.69) is 52.8 Å². The molecular weight excluding hydrogens is 258 g/mol. The molecule has 0 radical (unpaired) electrons. The standard InChI is InChI=1S/C19H25NO/c1-18(2,3)16-12-14(8-11-17(16)21)19(4,5)13-6-9-15(20)10-7-13/h6-12,21H,20H2,1-5H3. The summed E-state index contributed by atoms with van der Waals surface area (Å²) >= 11 is 0. The zero-order valence-corrected chi connectivity index (χ0v) is 13.6. The third kappa shape index (κ3) is 3.05. The minimum Gasteiger partial charge on any atom is -0.508 e. The highest BCUT2D eigenvalue weighted by molar-refractivity contribution is 5.48. The molecular formula is C19H25NO. The number of benzene rings is 2. The van der Waals surface area contributed by atoms with E-state index in [1.165, 1.54) is 11.1 Å². The van der Waals surface area contributed by atoms with Crippen molar-refractivity contribution in [3.05, 3.63) is 59.2 Å². The lowest BCUT2D eigenvalue weighted by Gasteiger charge is -2.29. The highest BCUT2D eigenvalue weighted by Gasteiger charge is 2.26. The molecule has 3 N–H and O–H groups in total. The Hall–Kier alpha value is -1.96. The van der Waals surface area contributed by atoms with Gasteiger partial charge in [-0.25, -0.2) is 0 Å². The van der Waals surface area contributed by atoms with Crippen molar-refractivity contribution in [2.75, 3.05) is 5.73 Å². The van der Waals surface area contributed by atoms with Crippen LogP contribution in [0.15, 0.2) is 42.5 Å². The minimum atomic E-state index is -0.137. The Morgan fingerprint density at radius 3 is 1.86 bits per heavy atom. The number of hydrogen-bond donors (Lipinski definition) is 2. The molecule has 0 heterocycles. The number of aromatic hydroxyl groups is 1. The summed E-state index contributed by atoms with van der Waals surface area (Å²) in [6.45, 7) is 10.7. The summed E-state index contributed by atoms with van der Waals surface area (Å²) in [5.41, 5.74) is 9.70. The average molecular weight is 283 g/mol. The molecule has 0 fully saturated rings. The predicted octanol–water partition coefficient (Wildman–Crippen LogP) is 4.60. The van der Waals surface area contributed by atoms with Crippen LogP contribution in [0.25, 0.3) is 0 Å². The first kappa shape index (κ1) is 15.4.